The standard InChI is InChI=1S/C8H14N4OS/c1-3-11-5-6(10-7(14)9-5)12(4-2)8(11)13/h5-6H,3-4H2,1-2H3,(H2,9,10,14). The first-order valence-corrected chi connectivity index (χ1v) is 5.24. The van der Waals surface area contributed by atoms with Gasteiger partial charge in [-0.2, -0.15) is 0 Å². The average molecular weight is 214 g/mol. The first kappa shape index (κ1) is 9.51. The highest BCUT2D eigenvalue weighted by atomic mass is 32.1. The summed E-state index contributed by atoms with van der Waals surface area (Å²) in [6, 6.07) is 0.0764. The van der Waals surface area contributed by atoms with Gasteiger partial charge in [0.25, 0.3) is 0 Å². The molecule has 0 aromatic rings. The van der Waals surface area contributed by atoms with Gasteiger partial charge < -0.3 is 20.4 Å². The molecule has 2 heterocycles. The van der Waals surface area contributed by atoms with Crippen molar-refractivity contribution in [2.45, 2.75) is 26.2 Å². The van der Waals surface area contributed by atoms with Gasteiger partial charge in [0.1, 0.15) is 12.3 Å². The van der Waals surface area contributed by atoms with E-state index in [0.29, 0.717) is 18.2 Å². The van der Waals surface area contributed by atoms with Crippen LogP contribution in [0, 0.1) is 0 Å². The molecule has 0 saturated carbocycles. The number of thiocarbonyl (C=S) groups is 1. The maximum atomic E-state index is 11.8. The van der Waals surface area contributed by atoms with E-state index in [2.05, 4.69) is 10.6 Å². The van der Waals surface area contributed by atoms with Gasteiger partial charge in [-0.25, -0.2) is 4.79 Å². The summed E-state index contributed by atoms with van der Waals surface area (Å²) < 4.78 is 0. The third-order valence-corrected chi connectivity index (χ3v) is 2.94. The molecular formula is C8H14N4OS. The Balaban J connectivity index is 2.24. The monoisotopic (exact) mass is 214 g/mol. The minimum Gasteiger partial charge on any atom is -0.339 e. The fourth-order valence-corrected chi connectivity index (χ4v) is 2.27. The molecular weight excluding hydrogens is 200 g/mol. The SMILES string of the molecule is CCN1C(=O)N(CC)C2NC(=S)NC21. The van der Waals surface area contributed by atoms with Gasteiger partial charge in [0.2, 0.25) is 0 Å². The van der Waals surface area contributed by atoms with Crippen molar-refractivity contribution in [1.82, 2.24) is 20.4 Å². The number of hydrogen-bond acceptors (Lipinski definition) is 2. The molecule has 2 aliphatic heterocycles. The maximum absolute atomic E-state index is 11.8. The molecule has 6 heteroatoms. The number of likely N-dealkylation sites (N-methyl/N-ethyl adjacent to an activating group) is 2. The Morgan fingerprint density at radius 2 is 1.64 bits per heavy atom. The third-order valence-electron chi connectivity index (χ3n) is 2.70. The first-order chi connectivity index (χ1) is 6.69. The van der Waals surface area contributed by atoms with Crippen molar-refractivity contribution in [1.29, 1.82) is 0 Å². The van der Waals surface area contributed by atoms with Crippen LogP contribution in [0.4, 0.5) is 4.79 Å². The van der Waals surface area contributed by atoms with Gasteiger partial charge in [0, 0.05) is 13.1 Å². The van der Waals surface area contributed by atoms with Crippen LogP contribution < -0.4 is 10.6 Å². The molecule has 2 atom stereocenters. The average Bonchev–Trinajstić information content (AvgIpc) is 2.59. The van der Waals surface area contributed by atoms with Crippen LogP contribution in [0.3, 0.4) is 0 Å². The van der Waals surface area contributed by atoms with Crippen LogP contribution >= 0.6 is 12.2 Å². The Hall–Kier alpha value is -1.04. The lowest BCUT2D eigenvalue weighted by molar-refractivity contribution is 0.186. The maximum Gasteiger partial charge on any atom is 0.323 e. The quantitative estimate of drug-likeness (QED) is 0.630. The predicted octanol–water partition coefficient (Wildman–Crippen LogP) is -0.106. The van der Waals surface area contributed by atoms with E-state index in [0.717, 1.165) is 0 Å². The summed E-state index contributed by atoms with van der Waals surface area (Å²) in [6.07, 6.45) is -0.0000926. The highest BCUT2D eigenvalue weighted by Crippen LogP contribution is 2.22. The summed E-state index contributed by atoms with van der Waals surface area (Å²) in [5.41, 5.74) is 0. The van der Waals surface area contributed by atoms with E-state index in [1.54, 1.807) is 9.80 Å². The Morgan fingerprint density at radius 1 is 1.21 bits per heavy atom. The zero-order valence-corrected chi connectivity index (χ0v) is 9.10. The van der Waals surface area contributed by atoms with Crippen molar-refractivity contribution >= 4 is 23.4 Å². The summed E-state index contributed by atoms with van der Waals surface area (Å²) in [4.78, 5) is 15.4. The number of carbonyl (C=O) groups excluding carboxylic acids is 1. The van der Waals surface area contributed by atoms with Gasteiger partial charge in [-0.05, 0) is 26.1 Å². The number of carbonyl (C=O) groups is 1. The Labute approximate surface area is 88.4 Å². The second-order valence-corrected chi connectivity index (χ2v) is 3.77. The summed E-state index contributed by atoms with van der Waals surface area (Å²) in [5.74, 6) is 0. The van der Waals surface area contributed by atoms with Gasteiger partial charge in [-0.1, -0.05) is 0 Å². The van der Waals surface area contributed by atoms with Gasteiger partial charge >= 0.3 is 6.03 Å². The Kier molecular flexibility index (Phi) is 2.22. The molecule has 0 spiro atoms. The molecule has 0 radical (unpaired) electrons. The molecule has 2 aliphatic rings. The van der Waals surface area contributed by atoms with Crippen molar-refractivity contribution < 1.29 is 4.79 Å². The van der Waals surface area contributed by atoms with Crippen LogP contribution in [-0.2, 0) is 0 Å². The molecule has 2 unspecified atom stereocenters. The summed E-state index contributed by atoms with van der Waals surface area (Å²) in [6.45, 7) is 5.34. The van der Waals surface area contributed by atoms with E-state index in [1.165, 1.54) is 0 Å². The van der Waals surface area contributed by atoms with E-state index in [4.69, 9.17) is 12.2 Å². The van der Waals surface area contributed by atoms with Crippen molar-refractivity contribution in [3.8, 4) is 0 Å². The lowest BCUT2D eigenvalue weighted by Crippen LogP contribution is -2.43. The Morgan fingerprint density at radius 3 is 2.00 bits per heavy atom. The van der Waals surface area contributed by atoms with Gasteiger partial charge in [0.15, 0.2) is 5.11 Å². The van der Waals surface area contributed by atoms with Crippen molar-refractivity contribution in [2.24, 2.45) is 0 Å². The topological polar surface area (TPSA) is 47.6 Å². The van der Waals surface area contributed by atoms with Crippen LogP contribution in [0.15, 0.2) is 0 Å². The molecule has 2 saturated heterocycles. The number of urea groups is 1. The second kappa shape index (κ2) is 3.27. The largest absolute Gasteiger partial charge is 0.339 e. The fourth-order valence-electron chi connectivity index (χ4n) is 2.03. The zero-order valence-electron chi connectivity index (χ0n) is 8.28. The highest BCUT2D eigenvalue weighted by molar-refractivity contribution is 7.80. The first-order valence-electron chi connectivity index (χ1n) is 4.83. The molecule has 2 amide bonds. The number of nitrogens with zero attached hydrogens (tertiary/aromatic N) is 2. The van der Waals surface area contributed by atoms with E-state index in [-0.39, 0.29) is 18.4 Å². The highest BCUT2D eigenvalue weighted by Gasteiger charge is 2.48. The van der Waals surface area contributed by atoms with Gasteiger partial charge in [-0.15, -0.1) is 0 Å². The molecule has 14 heavy (non-hydrogen) atoms. The van der Waals surface area contributed by atoms with Crippen LogP contribution in [0.5, 0.6) is 0 Å². The molecule has 0 aromatic heterocycles. The minimum absolute atomic E-state index is 0.0000463. The van der Waals surface area contributed by atoms with E-state index < -0.39 is 0 Å². The van der Waals surface area contributed by atoms with Crippen molar-refractivity contribution in [3.05, 3.63) is 0 Å². The number of nitrogens with one attached hydrogen (secondary N) is 2. The third kappa shape index (κ3) is 1.13. The molecule has 78 valence electrons. The zero-order chi connectivity index (χ0) is 10.3. The molecule has 5 nitrogen and oxygen atoms in total. The Bertz CT molecular complexity index is 259. The smallest absolute Gasteiger partial charge is 0.323 e. The molecule has 0 aliphatic carbocycles. The number of amides is 2. The summed E-state index contributed by atoms with van der Waals surface area (Å²) >= 11 is 5.03. The van der Waals surface area contributed by atoms with Gasteiger partial charge in [-0.3, -0.25) is 0 Å². The van der Waals surface area contributed by atoms with Gasteiger partial charge in [0.05, 0.1) is 0 Å². The lowest BCUT2D eigenvalue weighted by atomic mass is 10.4. The number of hydrogen-bond donors (Lipinski definition) is 2. The predicted molar refractivity (Wildman–Crippen MR) is 56.6 cm³/mol. The van der Waals surface area contributed by atoms with Crippen LogP contribution in [0.1, 0.15) is 13.8 Å². The number of rotatable bonds is 2. The van der Waals surface area contributed by atoms with Crippen LogP contribution in [0.2, 0.25) is 0 Å². The normalized spacial score (nSPS) is 30.4. The van der Waals surface area contributed by atoms with Crippen LogP contribution in [0.25, 0.3) is 0 Å². The molecule has 0 aromatic carbocycles. The fraction of sp³-hybridized carbons (Fsp3) is 0.750. The van der Waals surface area contributed by atoms with E-state index in [1.807, 2.05) is 13.8 Å². The van der Waals surface area contributed by atoms with E-state index in [9.17, 15) is 4.79 Å². The second-order valence-electron chi connectivity index (χ2n) is 3.36. The molecule has 0 bridgehead atoms. The number of fused-ring (bicyclic) bond motifs is 1. The summed E-state index contributed by atoms with van der Waals surface area (Å²) in [7, 11) is 0. The lowest BCUT2D eigenvalue weighted by Gasteiger charge is -2.20. The van der Waals surface area contributed by atoms with Crippen molar-refractivity contribution in [2.75, 3.05) is 13.1 Å². The van der Waals surface area contributed by atoms with E-state index >= 15 is 0 Å². The van der Waals surface area contributed by atoms with Crippen LogP contribution in [-0.4, -0.2) is 46.4 Å². The van der Waals surface area contributed by atoms with Crippen molar-refractivity contribution in [3.63, 3.8) is 0 Å². The summed E-state index contributed by atoms with van der Waals surface area (Å²) in [5, 5.41) is 6.82. The molecule has 2 N–H and O–H groups in total. The minimum atomic E-state index is -0.0000463. The molecule has 2 rings (SSSR count). The molecule has 2 fully saturated rings.